The summed E-state index contributed by atoms with van der Waals surface area (Å²) in [4.78, 5) is 28.1. The molecular formula is C26H29Cl2N3O4S. The van der Waals surface area contributed by atoms with Crippen LogP contribution in [0.2, 0.25) is 10.0 Å². The van der Waals surface area contributed by atoms with Gasteiger partial charge in [0.05, 0.1) is 11.9 Å². The zero-order chi connectivity index (χ0) is 26.5. The Morgan fingerprint density at radius 3 is 2.17 bits per heavy atom. The summed E-state index contributed by atoms with van der Waals surface area (Å²) in [5.41, 5.74) is 0.860. The van der Waals surface area contributed by atoms with E-state index >= 15 is 0 Å². The van der Waals surface area contributed by atoms with E-state index in [4.69, 9.17) is 23.2 Å². The molecule has 0 bridgehead atoms. The summed E-state index contributed by atoms with van der Waals surface area (Å²) in [6, 6.07) is 16.7. The lowest BCUT2D eigenvalue weighted by atomic mass is 10.1. The zero-order valence-electron chi connectivity index (χ0n) is 20.4. The van der Waals surface area contributed by atoms with Crippen LogP contribution in [0.3, 0.4) is 0 Å². The van der Waals surface area contributed by atoms with Crippen LogP contribution in [0.15, 0.2) is 60.7 Å². The molecule has 0 aliphatic carbocycles. The second-order valence-electron chi connectivity index (χ2n) is 8.31. The smallest absolute Gasteiger partial charge is 0.244 e. The molecule has 7 nitrogen and oxygen atoms in total. The Balaban J connectivity index is 2.07. The van der Waals surface area contributed by atoms with Crippen molar-refractivity contribution in [1.29, 1.82) is 0 Å². The van der Waals surface area contributed by atoms with Crippen LogP contribution in [0, 0.1) is 0 Å². The molecule has 1 atom stereocenters. The van der Waals surface area contributed by atoms with Crippen LogP contribution in [-0.2, 0) is 26.2 Å². The van der Waals surface area contributed by atoms with Gasteiger partial charge < -0.3 is 10.2 Å². The average molecular weight is 551 g/mol. The summed E-state index contributed by atoms with van der Waals surface area (Å²) < 4.78 is 26.9. The number of carbonyl (C=O) groups is 2. The zero-order valence-corrected chi connectivity index (χ0v) is 22.7. The van der Waals surface area contributed by atoms with Crippen LogP contribution < -0.4 is 9.62 Å². The minimum Gasteiger partial charge on any atom is -0.355 e. The molecule has 0 saturated heterocycles. The van der Waals surface area contributed by atoms with Crippen molar-refractivity contribution in [1.82, 2.24) is 10.2 Å². The van der Waals surface area contributed by atoms with Gasteiger partial charge in [-0.05, 0) is 36.9 Å². The summed E-state index contributed by atoms with van der Waals surface area (Å²) in [7, 11) is -3.86. The number of fused-ring (bicyclic) bond motifs is 1. The monoisotopic (exact) mass is 549 g/mol. The first-order chi connectivity index (χ1) is 17.1. The van der Waals surface area contributed by atoms with Crippen molar-refractivity contribution in [2.75, 3.05) is 23.7 Å². The SMILES string of the molecule is CCNC(=O)C(CC)N(Cc1c(Cl)cccc1Cl)C(=O)CN(c1cccc2ccccc12)S(C)(=O)=O. The van der Waals surface area contributed by atoms with Gasteiger partial charge in [0.1, 0.15) is 12.6 Å². The van der Waals surface area contributed by atoms with E-state index < -0.39 is 28.5 Å². The maximum atomic E-state index is 13.8. The molecule has 0 heterocycles. The fourth-order valence-corrected chi connectivity index (χ4v) is 5.46. The van der Waals surface area contributed by atoms with Crippen molar-refractivity contribution in [2.24, 2.45) is 0 Å². The number of anilines is 1. The lowest BCUT2D eigenvalue weighted by Gasteiger charge is -2.33. The number of benzene rings is 3. The van der Waals surface area contributed by atoms with Crippen LogP contribution >= 0.6 is 23.2 Å². The highest BCUT2D eigenvalue weighted by Gasteiger charge is 2.32. The molecule has 36 heavy (non-hydrogen) atoms. The third-order valence-electron chi connectivity index (χ3n) is 5.84. The van der Waals surface area contributed by atoms with Gasteiger partial charge in [-0.2, -0.15) is 0 Å². The summed E-state index contributed by atoms with van der Waals surface area (Å²) in [6.07, 6.45) is 1.37. The van der Waals surface area contributed by atoms with Crippen molar-refractivity contribution in [3.8, 4) is 0 Å². The predicted molar refractivity (Wildman–Crippen MR) is 146 cm³/mol. The number of sulfonamides is 1. The third kappa shape index (κ3) is 6.30. The summed E-state index contributed by atoms with van der Waals surface area (Å²) in [5, 5.41) is 4.98. The molecule has 0 aliphatic heterocycles. The molecule has 1 N–H and O–H groups in total. The van der Waals surface area contributed by atoms with Gasteiger partial charge in [0, 0.05) is 34.1 Å². The van der Waals surface area contributed by atoms with Gasteiger partial charge in [-0.25, -0.2) is 8.42 Å². The van der Waals surface area contributed by atoms with Crippen molar-refractivity contribution < 1.29 is 18.0 Å². The topological polar surface area (TPSA) is 86.8 Å². The largest absolute Gasteiger partial charge is 0.355 e. The molecule has 0 spiro atoms. The predicted octanol–water partition coefficient (Wildman–Crippen LogP) is 4.86. The van der Waals surface area contributed by atoms with Gasteiger partial charge in [-0.15, -0.1) is 0 Å². The highest BCUT2D eigenvalue weighted by Crippen LogP contribution is 2.30. The van der Waals surface area contributed by atoms with Gasteiger partial charge in [0.2, 0.25) is 21.8 Å². The number of halogens is 2. The highest BCUT2D eigenvalue weighted by molar-refractivity contribution is 7.92. The first-order valence-electron chi connectivity index (χ1n) is 11.5. The Morgan fingerprint density at radius 1 is 0.944 bits per heavy atom. The molecule has 1 unspecified atom stereocenters. The van der Waals surface area contributed by atoms with Crippen molar-refractivity contribution in [3.05, 3.63) is 76.3 Å². The quantitative estimate of drug-likeness (QED) is 0.391. The molecule has 3 rings (SSSR count). The van der Waals surface area contributed by atoms with Crippen molar-refractivity contribution >= 4 is 61.5 Å². The van der Waals surface area contributed by atoms with Crippen LogP contribution in [0.1, 0.15) is 25.8 Å². The first kappa shape index (κ1) is 27.8. The summed E-state index contributed by atoms with van der Waals surface area (Å²) in [5.74, 6) is -0.893. The number of rotatable bonds is 10. The van der Waals surface area contributed by atoms with E-state index in [0.29, 0.717) is 39.6 Å². The fourth-order valence-electron chi connectivity index (χ4n) is 4.09. The van der Waals surface area contributed by atoms with E-state index in [1.807, 2.05) is 24.3 Å². The van der Waals surface area contributed by atoms with Gasteiger partial charge >= 0.3 is 0 Å². The lowest BCUT2D eigenvalue weighted by Crippen LogP contribution is -2.52. The van der Waals surface area contributed by atoms with Gasteiger partial charge in [-0.1, -0.05) is 72.6 Å². The van der Waals surface area contributed by atoms with E-state index in [1.165, 1.54) is 4.90 Å². The molecule has 0 aliphatic rings. The van der Waals surface area contributed by atoms with E-state index in [-0.39, 0.29) is 12.5 Å². The van der Waals surface area contributed by atoms with E-state index in [2.05, 4.69) is 5.32 Å². The Labute approximate surface area is 222 Å². The Kier molecular flexibility index (Phi) is 9.22. The molecule has 2 amide bonds. The van der Waals surface area contributed by atoms with Crippen LogP contribution in [0.5, 0.6) is 0 Å². The maximum absolute atomic E-state index is 13.8. The number of carbonyl (C=O) groups excluding carboxylic acids is 2. The summed E-state index contributed by atoms with van der Waals surface area (Å²) in [6.45, 7) is 3.40. The molecule has 0 aromatic heterocycles. The van der Waals surface area contributed by atoms with Crippen LogP contribution in [0.4, 0.5) is 5.69 Å². The number of hydrogen-bond donors (Lipinski definition) is 1. The first-order valence-corrected chi connectivity index (χ1v) is 14.1. The van der Waals surface area contributed by atoms with E-state index in [1.54, 1.807) is 50.2 Å². The lowest BCUT2D eigenvalue weighted by molar-refractivity contribution is -0.140. The molecule has 0 radical (unpaired) electrons. The van der Waals surface area contributed by atoms with Crippen LogP contribution in [0.25, 0.3) is 10.8 Å². The Morgan fingerprint density at radius 2 is 1.56 bits per heavy atom. The van der Waals surface area contributed by atoms with Gasteiger partial charge in [0.25, 0.3) is 0 Å². The number of likely N-dealkylation sites (N-methyl/N-ethyl adjacent to an activating group) is 1. The second-order valence-corrected chi connectivity index (χ2v) is 11.0. The van der Waals surface area contributed by atoms with E-state index in [0.717, 1.165) is 15.9 Å². The number of hydrogen-bond acceptors (Lipinski definition) is 4. The Bertz CT molecular complexity index is 1340. The standard InChI is InChI=1S/C26H29Cl2N3O4S/c1-4-23(26(33)29-5-2)30(16-20-21(27)13-9-14-22(20)28)25(32)17-31(36(3,34)35)24-15-8-11-18-10-6-7-12-19(18)24/h6-15,23H,4-5,16-17H2,1-3H3,(H,29,33). The molecule has 3 aromatic carbocycles. The number of nitrogens with zero attached hydrogens (tertiary/aromatic N) is 2. The molecule has 10 heteroatoms. The van der Waals surface area contributed by atoms with Crippen molar-refractivity contribution in [3.63, 3.8) is 0 Å². The number of nitrogens with one attached hydrogen (secondary N) is 1. The van der Waals surface area contributed by atoms with Crippen molar-refractivity contribution in [2.45, 2.75) is 32.9 Å². The molecule has 3 aromatic rings. The molecular weight excluding hydrogens is 521 g/mol. The second kappa shape index (κ2) is 12.0. The minimum atomic E-state index is -3.86. The molecule has 192 valence electrons. The third-order valence-corrected chi connectivity index (χ3v) is 7.68. The molecule has 0 fully saturated rings. The van der Waals surface area contributed by atoms with Gasteiger partial charge in [-0.3, -0.25) is 13.9 Å². The highest BCUT2D eigenvalue weighted by atomic mass is 35.5. The van der Waals surface area contributed by atoms with Crippen LogP contribution in [-0.4, -0.2) is 50.5 Å². The fraction of sp³-hybridized carbons (Fsp3) is 0.308. The van der Waals surface area contributed by atoms with E-state index in [9.17, 15) is 18.0 Å². The minimum absolute atomic E-state index is 0.0554. The Hall–Kier alpha value is -2.81. The average Bonchev–Trinajstić information content (AvgIpc) is 2.83. The normalized spacial score (nSPS) is 12.2. The molecule has 0 saturated carbocycles. The number of amides is 2. The maximum Gasteiger partial charge on any atom is 0.244 e. The van der Waals surface area contributed by atoms with Gasteiger partial charge in [0.15, 0.2) is 0 Å². The summed E-state index contributed by atoms with van der Waals surface area (Å²) >= 11 is 12.8.